The number of hydrogen-bond acceptors (Lipinski definition) is 5. The molecule has 0 radical (unpaired) electrons. The monoisotopic (exact) mass is 278 g/mol. The maximum Gasteiger partial charge on any atom is 0.220 e. The van der Waals surface area contributed by atoms with Gasteiger partial charge in [0.1, 0.15) is 10.0 Å². The highest BCUT2D eigenvalue weighted by Gasteiger charge is 2.08. The summed E-state index contributed by atoms with van der Waals surface area (Å²) < 4.78 is 0. The van der Waals surface area contributed by atoms with Gasteiger partial charge in [0.2, 0.25) is 5.91 Å². The molecule has 0 aromatic carbocycles. The second-order valence-corrected chi connectivity index (χ2v) is 4.95. The molecule has 7 heteroatoms. The second kappa shape index (κ2) is 8.38. The third-order valence-corrected chi connectivity index (χ3v) is 3.24. The Hall–Kier alpha value is -0.720. The average molecular weight is 279 g/mol. The maximum atomic E-state index is 11.3. The molecule has 1 amide bonds. The van der Waals surface area contributed by atoms with Gasteiger partial charge in [-0.25, -0.2) is 0 Å². The Morgan fingerprint density at radius 1 is 1.47 bits per heavy atom. The van der Waals surface area contributed by atoms with E-state index in [9.17, 15) is 4.79 Å². The fourth-order valence-corrected chi connectivity index (χ4v) is 1.88. The van der Waals surface area contributed by atoms with Crippen LogP contribution in [-0.4, -0.2) is 22.6 Å². The number of nitrogens with zero attached hydrogens (tertiary/aromatic N) is 2. The summed E-state index contributed by atoms with van der Waals surface area (Å²) in [5.74, 6) is 0.408. The van der Waals surface area contributed by atoms with Crippen molar-refractivity contribution in [3.8, 4) is 0 Å². The van der Waals surface area contributed by atoms with Crippen molar-refractivity contribution >= 4 is 29.7 Å². The number of nitrogens with two attached hydrogens (primary N) is 1. The first-order chi connectivity index (χ1) is 7.63. The van der Waals surface area contributed by atoms with Crippen LogP contribution >= 0.6 is 23.7 Å². The molecular formula is C10H19ClN4OS. The molecule has 0 aliphatic rings. The fourth-order valence-electron chi connectivity index (χ4n) is 1.10. The summed E-state index contributed by atoms with van der Waals surface area (Å²) in [7, 11) is 0. The summed E-state index contributed by atoms with van der Waals surface area (Å²) in [6.45, 7) is 5.16. The molecule has 0 spiro atoms. The lowest BCUT2D eigenvalue weighted by Gasteiger charge is -2.01. The van der Waals surface area contributed by atoms with Gasteiger partial charge in [0.25, 0.3) is 0 Å². The lowest BCUT2D eigenvalue weighted by molar-refractivity contribution is -0.121. The van der Waals surface area contributed by atoms with Gasteiger partial charge in [0.15, 0.2) is 0 Å². The molecule has 0 aliphatic carbocycles. The van der Waals surface area contributed by atoms with E-state index in [0.717, 1.165) is 16.4 Å². The van der Waals surface area contributed by atoms with Gasteiger partial charge >= 0.3 is 0 Å². The lowest BCUT2D eigenvalue weighted by Crippen LogP contribution is -2.23. The van der Waals surface area contributed by atoms with Crippen LogP contribution < -0.4 is 11.1 Å². The number of nitrogens with one attached hydrogen (secondary N) is 1. The Morgan fingerprint density at radius 3 is 2.71 bits per heavy atom. The molecular weight excluding hydrogens is 260 g/mol. The second-order valence-electron chi connectivity index (χ2n) is 3.86. The average Bonchev–Trinajstić information content (AvgIpc) is 2.72. The molecule has 0 saturated carbocycles. The molecule has 0 aliphatic heterocycles. The molecule has 1 aromatic heterocycles. The fraction of sp³-hybridized carbons (Fsp3) is 0.700. The highest BCUT2D eigenvalue weighted by Crippen LogP contribution is 2.18. The van der Waals surface area contributed by atoms with Crippen LogP contribution in [-0.2, 0) is 11.3 Å². The summed E-state index contributed by atoms with van der Waals surface area (Å²) in [4.78, 5) is 11.3. The third-order valence-electron chi connectivity index (χ3n) is 2.02. The van der Waals surface area contributed by atoms with Crippen LogP contribution in [0.15, 0.2) is 0 Å². The Morgan fingerprint density at radius 2 is 2.18 bits per heavy atom. The van der Waals surface area contributed by atoms with Crippen LogP contribution in [0.5, 0.6) is 0 Å². The Labute approximate surface area is 112 Å². The number of halogens is 1. The van der Waals surface area contributed by atoms with Gasteiger partial charge in [-0.15, -0.1) is 22.6 Å². The van der Waals surface area contributed by atoms with E-state index in [-0.39, 0.29) is 18.3 Å². The minimum absolute atomic E-state index is 0. The molecule has 1 aromatic rings. The number of aromatic nitrogens is 2. The summed E-state index contributed by atoms with van der Waals surface area (Å²) in [6, 6.07) is 0. The normalized spacial score (nSPS) is 10.1. The zero-order chi connectivity index (χ0) is 12.0. The number of carbonyl (C=O) groups excluding carboxylic acids is 1. The van der Waals surface area contributed by atoms with Crippen molar-refractivity contribution in [1.82, 2.24) is 15.5 Å². The van der Waals surface area contributed by atoms with Crippen molar-refractivity contribution < 1.29 is 4.79 Å². The minimum Gasteiger partial charge on any atom is -0.350 e. The highest BCUT2D eigenvalue weighted by atomic mass is 35.5. The molecule has 17 heavy (non-hydrogen) atoms. The highest BCUT2D eigenvalue weighted by molar-refractivity contribution is 7.11. The minimum atomic E-state index is 0. The van der Waals surface area contributed by atoms with E-state index in [1.165, 1.54) is 0 Å². The van der Waals surface area contributed by atoms with Crippen molar-refractivity contribution in [3.05, 3.63) is 10.0 Å². The Balaban J connectivity index is 0.00000256. The van der Waals surface area contributed by atoms with Gasteiger partial charge in [-0.1, -0.05) is 25.2 Å². The molecule has 3 N–H and O–H groups in total. The van der Waals surface area contributed by atoms with Gasteiger partial charge in [-0.2, -0.15) is 0 Å². The van der Waals surface area contributed by atoms with Crippen LogP contribution in [0.2, 0.25) is 0 Å². The first-order valence-electron chi connectivity index (χ1n) is 5.42. The van der Waals surface area contributed by atoms with Crippen LogP contribution in [0.3, 0.4) is 0 Å². The molecule has 98 valence electrons. The zero-order valence-corrected chi connectivity index (χ0v) is 11.7. The quantitative estimate of drug-likeness (QED) is 0.825. The van der Waals surface area contributed by atoms with Crippen molar-refractivity contribution in [2.24, 2.45) is 5.73 Å². The molecule has 1 heterocycles. The van der Waals surface area contributed by atoms with Crippen LogP contribution in [0.25, 0.3) is 0 Å². The SMILES string of the molecule is CC(C)c1nnc(CNC(=O)CCCN)s1.Cl. The molecule has 0 fully saturated rings. The molecule has 0 atom stereocenters. The number of amides is 1. The zero-order valence-electron chi connectivity index (χ0n) is 10.1. The Kier molecular flexibility index (Phi) is 8.03. The van der Waals surface area contributed by atoms with Crippen LogP contribution in [0.4, 0.5) is 0 Å². The predicted molar refractivity (Wildman–Crippen MR) is 71.4 cm³/mol. The standard InChI is InChI=1S/C10H18N4OS.ClH/c1-7(2)10-14-13-9(16-10)6-12-8(15)4-3-5-11;/h7H,3-6,11H2,1-2H3,(H,12,15);1H. The van der Waals surface area contributed by atoms with Crippen LogP contribution in [0, 0.1) is 0 Å². The van der Waals surface area contributed by atoms with Crippen molar-refractivity contribution in [2.75, 3.05) is 6.54 Å². The summed E-state index contributed by atoms with van der Waals surface area (Å²) in [5.41, 5.74) is 5.32. The molecule has 1 rings (SSSR count). The van der Waals surface area contributed by atoms with Gasteiger partial charge in [0.05, 0.1) is 6.54 Å². The van der Waals surface area contributed by atoms with E-state index in [0.29, 0.717) is 25.4 Å². The van der Waals surface area contributed by atoms with E-state index in [1.807, 2.05) is 0 Å². The van der Waals surface area contributed by atoms with E-state index >= 15 is 0 Å². The molecule has 0 saturated heterocycles. The van der Waals surface area contributed by atoms with Gasteiger partial charge in [0, 0.05) is 12.3 Å². The smallest absolute Gasteiger partial charge is 0.220 e. The van der Waals surface area contributed by atoms with Crippen molar-refractivity contribution in [1.29, 1.82) is 0 Å². The summed E-state index contributed by atoms with van der Waals surface area (Å²) >= 11 is 1.55. The largest absolute Gasteiger partial charge is 0.350 e. The maximum absolute atomic E-state index is 11.3. The molecule has 0 bridgehead atoms. The van der Waals surface area contributed by atoms with Gasteiger partial charge in [-0.05, 0) is 13.0 Å². The third kappa shape index (κ3) is 5.95. The van der Waals surface area contributed by atoms with Crippen molar-refractivity contribution in [3.63, 3.8) is 0 Å². The van der Waals surface area contributed by atoms with Gasteiger partial charge in [-0.3, -0.25) is 4.79 Å². The number of rotatable bonds is 6. The number of carbonyl (C=O) groups is 1. The van der Waals surface area contributed by atoms with Crippen LogP contribution in [0.1, 0.15) is 42.6 Å². The van der Waals surface area contributed by atoms with E-state index in [1.54, 1.807) is 11.3 Å². The van der Waals surface area contributed by atoms with E-state index in [4.69, 9.17) is 5.73 Å². The summed E-state index contributed by atoms with van der Waals surface area (Å²) in [5, 5.41) is 12.7. The first-order valence-corrected chi connectivity index (χ1v) is 6.24. The van der Waals surface area contributed by atoms with E-state index in [2.05, 4.69) is 29.4 Å². The summed E-state index contributed by atoms with van der Waals surface area (Å²) in [6.07, 6.45) is 1.20. The van der Waals surface area contributed by atoms with Gasteiger partial charge < -0.3 is 11.1 Å². The molecule has 0 unspecified atom stereocenters. The van der Waals surface area contributed by atoms with E-state index < -0.39 is 0 Å². The first kappa shape index (κ1) is 16.3. The lowest BCUT2D eigenvalue weighted by atomic mass is 10.2. The predicted octanol–water partition coefficient (Wildman–Crippen LogP) is 1.44. The topological polar surface area (TPSA) is 80.9 Å². The molecule has 5 nitrogen and oxygen atoms in total. The Bertz CT molecular complexity index is 343. The number of hydrogen-bond donors (Lipinski definition) is 2. The van der Waals surface area contributed by atoms with Crippen molar-refractivity contribution in [2.45, 2.75) is 39.2 Å².